The predicted molar refractivity (Wildman–Crippen MR) is 79.4 cm³/mol. The molecule has 0 saturated carbocycles. The van der Waals surface area contributed by atoms with E-state index in [-0.39, 0.29) is 17.8 Å². The van der Waals surface area contributed by atoms with E-state index in [9.17, 15) is 4.79 Å². The van der Waals surface area contributed by atoms with Crippen LogP contribution >= 0.6 is 0 Å². The quantitative estimate of drug-likeness (QED) is 0.681. The Balaban J connectivity index is 1.70. The maximum Gasteiger partial charge on any atom is 0.294 e. The van der Waals surface area contributed by atoms with Gasteiger partial charge >= 0.3 is 0 Å². The van der Waals surface area contributed by atoms with Crippen LogP contribution in [0, 0.1) is 6.92 Å². The van der Waals surface area contributed by atoms with E-state index in [1.807, 2.05) is 43.1 Å². The summed E-state index contributed by atoms with van der Waals surface area (Å²) in [5, 5.41) is 4.31. The average molecular weight is 296 g/mol. The molecule has 4 rings (SSSR count). The Kier molecular flexibility index (Phi) is 2.75. The van der Waals surface area contributed by atoms with Gasteiger partial charge in [0.25, 0.3) is 11.7 Å². The molecule has 3 aromatic rings. The Labute approximate surface area is 127 Å². The molecule has 1 amide bonds. The average Bonchev–Trinajstić information content (AvgIpc) is 3.14. The van der Waals surface area contributed by atoms with E-state index >= 15 is 0 Å². The standard InChI is InChI=1S/C15H16N6O/c1-10-5-6-16-15-17-13(18-21(10)15)14(22)20-9-8-19-7-3-4-12(19)11(20)2/h3-7,11H,8-9H2,1-2H3. The van der Waals surface area contributed by atoms with Crippen molar-refractivity contribution < 1.29 is 4.79 Å². The molecule has 22 heavy (non-hydrogen) atoms. The first-order valence-corrected chi connectivity index (χ1v) is 7.29. The van der Waals surface area contributed by atoms with Crippen molar-refractivity contribution in [2.75, 3.05) is 6.54 Å². The van der Waals surface area contributed by atoms with Gasteiger partial charge in [-0.2, -0.15) is 4.98 Å². The second kappa shape index (κ2) is 4.66. The van der Waals surface area contributed by atoms with Crippen LogP contribution in [0.2, 0.25) is 0 Å². The summed E-state index contributed by atoms with van der Waals surface area (Å²) in [6.07, 6.45) is 3.72. The van der Waals surface area contributed by atoms with Crippen molar-refractivity contribution in [3.63, 3.8) is 0 Å². The van der Waals surface area contributed by atoms with Crippen LogP contribution in [0.1, 0.15) is 35.0 Å². The van der Waals surface area contributed by atoms with Gasteiger partial charge in [0.1, 0.15) is 0 Å². The fraction of sp³-hybridized carbons (Fsp3) is 0.333. The lowest BCUT2D eigenvalue weighted by Crippen LogP contribution is -2.41. The van der Waals surface area contributed by atoms with E-state index in [2.05, 4.69) is 19.6 Å². The van der Waals surface area contributed by atoms with Crippen LogP contribution < -0.4 is 0 Å². The summed E-state index contributed by atoms with van der Waals surface area (Å²) >= 11 is 0. The largest absolute Gasteiger partial charge is 0.348 e. The molecule has 0 bridgehead atoms. The molecule has 0 fully saturated rings. The van der Waals surface area contributed by atoms with Gasteiger partial charge in [-0.1, -0.05) is 0 Å². The van der Waals surface area contributed by atoms with Crippen LogP contribution in [0.3, 0.4) is 0 Å². The van der Waals surface area contributed by atoms with Gasteiger partial charge < -0.3 is 9.47 Å². The lowest BCUT2D eigenvalue weighted by Gasteiger charge is -2.34. The second-order valence-corrected chi connectivity index (χ2v) is 5.53. The van der Waals surface area contributed by atoms with E-state index in [1.165, 1.54) is 0 Å². The number of aryl methyl sites for hydroxylation is 1. The summed E-state index contributed by atoms with van der Waals surface area (Å²) in [4.78, 5) is 23.0. The second-order valence-electron chi connectivity index (χ2n) is 5.53. The fourth-order valence-corrected chi connectivity index (χ4v) is 2.98. The molecular weight excluding hydrogens is 280 g/mol. The number of amides is 1. The molecule has 4 heterocycles. The third-order valence-corrected chi connectivity index (χ3v) is 4.22. The van der Waals surface area contributed by atoms with Gasteiger partial charge in [-0.05, 0) is 32.0 Å². The molecule has 0 radical (unpaired) electrons. The van der Waals surface area contributed by atoms with Crippen molar-refractivity contribution in [1.29, 1.82) is 0 Å². The van der Waals surface area contributed by atoms with Gasteiger partial charge in [-0.15, -0.1) is 5.10 Å². The normalized spacial score (nSPS) is 17.7. The molecule has 0 N–H and O–H groups in total. The number of hydrogen-bond acceptors (Lipinski definition) is 4. The number of hydrogen-bond donors (Lipinski definition) is 0. The van der Waals surface area contributed by atoms with Crippen LogP contribution in [0.5, 0.6) is 0 Å². The van der Waals surface area contributed by atoms with Gasteiger partial charge in [0, 0.05) is 36.9 Å². The van der Waals surface area contributed by atoms with Crippen LogP contribution in [0.4, 0.5) is 0 Å². The molecule has 1 unspecified atom stereocenters. The van der Waals surface area contributed by atoms with Crippen LogP contribution in [-0.4, -0.2) is 41.5 Å². The molecule has 1 atom stereocenters. The molecule has 7 heteroatoms. The fourth-order valence-electron chi connectivity index (χ4n) is 2.98. The number of carbonyl (C=O) groups is 1. The maximum absolute atomic E-state index is 12.8. The van der Waals surface area contributed by atoms with Crippen LogP contribution in [0.15, 0.2) is 30.6 Å². The minimum atomic E-state index is -0.148. The molecule has 0 spiro atoms. The van der Waals surface area contributed by atoms with Crippen molar-refractivity contribution in [3.8, 4) is 0 Å². The van der Waals surface area contributed by atoms with Gasteiger partial charge in [-0.3, -0.25) is 4.79 Å². The van der Waals surface area contributed by atoms with Crippen molar-refractivity contribution in [2.24, 2.45) is 0 Å². The van der Waals surface area contributed by atoms with Crippen LogP contribution in [0.25, 0.3) is 5.78 Å². The molecule has 1 aliphatic heterocycles. The monoisotopic (exact) mass is 296 g/mol. The first-order valence-electron chi connectivity index (χ1n) is 7.29. The van der Waals surface area contributed by atoms with Gasteiger partial charge in [0.2, 0.25) is 5.82 Å². The summed E-state index contributed by atoms with van der Waals surface area (Å²) in [5.74, 6) is 0.509. The molecule has 0 aromatic carbocycles. The molecule has 1 aliphatic rings. The van der Waals surface area contributed by atoms with Crippen LogP contribution in [-0.2, 0) is 6.54 Å². The SMILES string of the molecule is Cc1ccnc2nc(C(=O)N3CCn4cccc4C3C)nn12. The number of carbonyl (C=O) groups excluding carboxylic acids is 1. The number of fused-ring (bicyclic) bond motifs is 2. The summed E-state index contributed by atoms with van der Waals surface area (Å²) in [5.41, 5.74) is 2.04. The molecule has 7 nitrogen and oxygen atoms in total. The Morgan fingerprint density at radius 1 is 1.32 bits per heavy atom. The lowest BCUT2D eigenvalue weighted by molar-refractivity contribution is 0.0631. The minimum absolute atomic E-state index is 0.0110. The zero-order chi connectivity index (χ0) is 15.3. The summed E-state index contributed by atoms with van der Waals surface area (Å²) in [6.45, 7) is 5.39. The van der Waals surface area contributed by atoms with E-state index in [4.69, 9.17) is 0 Å². The molecular formula is C15H16N6O. The number of nitrogens with zero attached hydrogens (tertiary/aromatic N) is 6. The third-order valence-electron chi connectivity index (χ3n) is 4.22. The molecule has 112 valence electrons. The van der Waals surface area contributed by atoms with Crippen molar-refractivity contribution in [2.45, 2.75) is 26.4 Å². The number of rotatable bonds is 1. The highest BCUT2D eigenvalue weighted by molar-refractivity contribution is 5.91. The number of aromatic nitrogens is 5. The van der Waals surface area contributed by atoms with Crippen molar-refractivity contribution >= 4 is 11.7 Å². The van der Waals surface area contributed by atoms with Gasteiger partial charge in [0.05, 0.1) is 6.04 Å². The topological polar surface area (TPSA) is 68.3 Å². The highest BCUT2D eigenvalue weighted by atomic mass is 16.2. The Bertz CT molecular complexity index is 864. The summed E-state index contributed by atoms with van der Waals surface area (Å²) in [6, 6.07) is 5.91. The molecule has 0 aliphatic carbocycles. The van der Waals surface area contributed by atoms with E-state index in [1.54, 1.807) is 10.7 Å². The van der Waals surface area contributed by atoms with Crippen molar-refractivity contribution in [1.82, 2.24) is 29.0 Å². The third kappa shape index (κ3) is 1.82. The van der Waals surface area contributed by atoms with Gasteiger partial charge in [0.15, 0.2) is 0 Å². The molecule has 0 saturated heterocycles. The zero-order valence-corrected chi connectivity index (χ0v) is 12.5. The maximum atomic E-state index is 12.8. The lowest BCUT2D eigenvalue weighted by atomic mass is 10.1. The Hall–Kier alpha value is -2.70. The van der Waals surface area contributed by atoms with Crippen molar-refractivity contribution in [3.05, 3.63) is 47.8 Å². The Morgan fingerprint density at radius 3 is 3.00 bits per heavy atom. The van der Waals surface area contributed by atoms with E-state index in [0.717, 1.165) is 17.9 Å². The van der Waals surface area contributed by atoms with E-state index in [0.29, 0.717) is 12.3 Å². The smallest absolute Gasteiger partial charge is 0.294 e. The summed E-state index contributed by atoms with van der Waals surface area (Å²) < 4.78 is 3.78. The van der Waals surface area contributed by atoms with E-state index < -0.39 is 0 Å². The highest BCUT2D eigenvalue weighted by Gasteiger charge is 2.30. The molecule has 3 aromatic heterocycles. The summed E-state index contributed by atoms with van der Waals surface area (Å²) in [7, 11) is 0. The predicted octanol–water partition coefficient (Wildman–Crippen LogP) is 1.45. The Morgan fingerprint density at radius 2 is 2.18 bits per heavy atom. The van der Waals surface area contributed by atoms with Gasteiger partial charge in [-0.25, -0.2) is 9.50 Å². The highest BCUT2D eigenvalue weighted by Crippen LogP contribution is 2.26. The minimum Gasteiger partial charge on any atom is -0.348 e. The first kappa shape index (κ1) is 13.0. The first-order chi connectivity index (χ1) is 10.6. The zero-order valence-electron chi connectivity index (χ0n) is 12.5.